The third-order valence-electron chi connectivity index (χ3n) is 9.92. The lowest BCUT2D eigenvalue weighted by Gasteiger charge is -2.40. The van der Waals surface area contributed by atoms with Crippen LogP contribution >= 0.6 is 0 Å². The summed E-state index contributed by atoms with van der Waals surface area (Å²) < 4.78 is 54.0. The van der Waals surface area contributed by atoms with Gasteiger partial charge >= 0.3 is 11.9 Å². The summed E-state index contributed by atoms with van der Waals surface area (Å²) >= 11 is 0. The Bertz CT molecular complexity index is 1320. The van der Waals surface area contributed by atoms with E-state index in [0.717, 1.165) is 77.0 Å². The van der Waals surface area contributed by atoms with Crippen molar-refractivity contribution in [1.82, 2.24) is 0 Å². The van der Waals surface area contributed by atoms with Crippen LogP contribution in [0.25, 0.3) is 0 Å². The summed E-state index contributed by atoms with van der Waals surface area (Å²) in [6.45, 7) is 3.58. The van der Waals surface area contributed by atoms with Gasteiger partial charge in [-0.3, -0.25) is 14.1 Å². The molecule has 3 unspecified atom stereocenters. The van der Waals surface area contributed by atoms with Gasteiger partial charge in [0.15, 0.2) is 12.4 Å². The van der Waals surface area contributed by atoms with Gasteiger partial charge in [-0.2, -0.15) is 8.42 Å². The van der Waals surface area contributed by atoms with E-state index in [-0.39, 0.29) is 19.4 Å². The van der Waals surface area contributed by atoms with Crippen LogP contribution < -0.4 is 0 Å². The highest BCUT2D eigenvalue weighted by Crippen LogP contribution is 2.24. The van der Waals surface area contributed by atoms with Crippen molar-refractivity contribution in [3.8, 4) is 0 Å². The molecule has 0 aromatic carbocycles. The first-order valence-electron chi connectivity index (χ1n) is 22.4. The Morgan fingerprint density at radius 3 is 1.59 bits per heavy atom. The van der Waals surface area contributed by atoms with Gasteiger partial charge in [-0.05, 0) is 57.8 Å². The summed E-state index contributed by atoms with van der Waals surface area (Å²) in [5, 5.41) is 30.8. The summed E-state index contributed by atoms with van der Waals surface area (Å²) in [7, 11) is -4.61. The quantitative estimate of drug-likeness (QED) is 0.0203. The Hall–Kier alpha value is -2.65. The molecule has 0 aromatic rings. The van der Waals surface area contributed by atoms with Crippen molar-refractivity contribution in [3.63, 3.8) is 0 Å². The second kappa shape index (κ2) is 36.0. The predicted octanol–water partition coefficient (Wildman–Crippen LogP) is 8.95. The minimum Gasteiger partial charge on any atom is -0.462 e. The van der Waals surface area contributed by atoms with Gasteiger partial charge in [0.1, 0.15) is 36.8 Å². The Kier molecular flexibility index (Phi) is 33.2. The normalized spacial score (nSPS) is 20.8. The van der Waals surface area contributed by atoms with Crippen molar-refractivity contribution < 1.29 is 56.8 Å². The average Bonchev–Trinajstić information content (AvgIpc) is 3.20. The van der Waals surface area contributed by atoms with Crippen LogP contribution in [0.15, 0.2) is 60.8 Å². The number of ether oxygens (including phenoxy) is 4. The number of rotatable bonds is 36. The molecule has 0 amide bonds. The van der Waals surface area contributed by atoms with E-state index in [2.05, 4.69) is 50.3 Å². The van der Waals surface area contributed by atoms with E-state index in [1.165, 1.54) is 44.9 Å². The van der Waals surface area contributed by atoms with E-state index >= 15 is 0 Å². The van der Waals surface area contributed by atoms with E-state index in [0.29, 0.717) is 12.8 Å². The van der Waals surface area contributed by atoms with Crippen molar-refractivity contribution in [2.45, 2.75) is 198 Å². The summed E-state index contributed by atoms with van der Waals surface area (Å²) in [6, 6.07) is 0. The van der Waals surface area contributed by atoms with Crippen LogP contribution in [0.1, 0.15) is 162 Å². The van der Waals surface area contributed by atoms with Gasteiger partial charge in [0.05, 0.1) is 6.61 Å². The maximum Gasteiger partial charge on any atom is 0.306 e. The molecule has 0 aliphatic carbocycles. The maximum absolute atomic E-state index is 12.8. The second-order valence-electron chi connectivity index (χ2n) is 15.4. The molecule has 340 valence electrons. The van der Waals surface area contributed by atoms with E-state index in [1.54, 1.807) is 0 Å². The standard InChI is InChI=1S/C46H78O12S/c1-3-5-7-9-11-13-15-17-18-19-20-21-23-24-26-28-30-32-34-41(47)55-36-39(37-56-46-45(51)44(50)43(49)40(58-46)38-59(52,53)54)57-42(48)35-33-31-29-27-25-22-16-14-12-10-8-6-4-2/h6,8,10,12,14,16,18-21,39-40,43-46,49-51H,3-5,7,9,11,13,15,17,22-38H2,1-2H3,(H,52,53,54)/b8-6+,12-10+,16-14+,19-18+,21-20+/t39?,40-,43-,44?,45?,46+/m1/s1. The molecule has 6 atom stereocenters. The molecule has 1 aliphatic heterocycles. The molecule has 0 spiro atoms. The number of aliphatic hydroxyl groups is 3. The molecule has 0 aromatic heterocycles. The van der Waals surface area contributed by atoms with Gasteiger partial charge in [0.2, 0.25) is 0 Å². The fraction of sp³-hybridized carbons (Fsp3) is 0.739. The molecule has 4 N–H and O–H groups in total. The molecule has 13 heteroatoms. The first-order chi connectivity index (χ1) is 28.5. The number of hydrogen-bond acceptors (Lipinski definition) is 11. The number of carbonyl (C=O) groups is 2. The molecule has 1 fully saturated rings. The monoisotopic (exact) mass is 855 g/mol. The third-order valence-corrected chi connectivity index (χ3v) is 10.7. The van der Waals surface area contributed by atoms with Crippen LogP contribution in [0, 0.1) is 0 Å². The van der Waals surface area contributed by atoms with Crippen LogP contribution in [0.3, 0.4) is 0 Å². The molecular formula is C46H78O12S. The Morgan fingerprint density at radius 1 is 0.593 bits per heavy atom. The van der Waals surface area contributed by atoms with Crippen molar-refractivity contribution >= 4 is 22.1 Å². The minimum absolute atomic E-state index is 0.135. The summed E-state index contributed by atoms with van der Waals surface area (Å²) in [6.07, 6.45) is 34.1. The van der Waals surface area contributed by atoms with Gasteiger partial charge in [0.25, 0.3) is 10.1 Å². The summed E-state index contributed by atoms with van der Waals surface area (Å²) in [5.41, 5.74) is 0. The van der Waals surface area contributed by atoms with E-state index in [9.17, 15) is 37.9 Å². The molecule has 12 nitrogen and oxygen atoms in total. The molecule has 0 bridgehead atoms. The third kappa shape index (κ3) is 30.9. The van der Waals surface area contributed by atoms with E-state index < -0.39 is 71.2 Å². The zero-order chi connectivity index (χ0) is 43.4. The molecule has 59 heavy (non-hydrogen) atoms. The number of carbonyl (C=O) groups excluding carboxylic acids is 2. The molecule has 1 saturated heterocycles. The van der Waals surface area contributed by atoms with E-state index in [1.807, 2.05) is 24.3 Å². The number of esters is 2. The SMILES string of the molecule is CC/C=C/C=C/C=C/CCCCCCCC(=O)OC(COC(=O)CCCCCCC/C=C/C=C/CCCCCCCCC)CO[C@H]1O[C@H](CS(=O)(=O)O)[C@@H](O)C(O)C1O. The average molecular weight is 855 g/mol. The highest BCUT2D eigenvalue weighted by molar-refractivity contribution is 7.85. The zero-order valence-corrected chi connectivity index (χ0v) is 36.9. The van der Waals surface area contributed by atoms with Gasteiger partial charge in [0, 0.05) is 12.8 Å². The van der Waals surface area contributed by atoms with Crippen LogP contribution in [0.5, 0.6) is 0 Å². The van der Waals surface area contributed by atoms with Gasteiger partial charge in [-0.1, -0.05) is 152 Å². The highest BCUT2D eigenvalue weighted by atomic mass is 32.2. The minimum atomic E-state index is -4.61. The van der Waals surface area contributed by atoms with Crippen LogP contribution in [0.2, 0.25) is 0 Å². The second-order valence-corrected chi connectivity index (χ2v) is 16.9. The molecule has 1 rings (SSSR count). The molecule has 0 saturated carbocycles. The number of allylic oxidation sites excluding steroid dienone is 10. The molecular weight excluding hydrogens is 777 g/mol. The van der Waals surface area contributed by atoms with Gasteiger partial charge in [-0.15, -0.1) is 0 Å². The largest absolute Gasteiger partial charge is 0.462 e. The number of unbranched alkanes of at least 4 members (excludes halogenated alkanes) is 17. The zero-order valence-electron chi connectivity index (χ0n) is 36.1. The number of aliphatic hydroxyl groups excluding tert-OH is 3. The van der Waals surface area contributed by atoms with Crippen molar-refractivity contribution in [3.05, 3.63) is 60.8 Å². The predicted molar refractivity (Wildman–Crippen MR) is 233 cm³/mol. The van der Waals surface area contributed by atoms with Gasteiger partial charge in [-0.25, -0.2) is 0 Å². The van der Waals surface area contributed by atoms with Crippen LogP contribution in [-0.4, -0.2) is 96.0 Å². The van der Waals surface area contributed by atoms with Crippen LogP contribution in [-0.2, 0) is 38.7 Å². The smallest absolute Gasteiger partial charge is 0.306 e. The highest BCUT2D eigenvalue weighted by Gasteiger charge is 2.46. The number of hydrogen-bond donors (Lipinski definition) is 4. The maximum atomic E-state index is 12.8. The Labute approximate surface area is 355 Å². The molecule has 1 heterocycles. The lowest BCUT2D eigenvalue weighted by atomic mass is 10.00. The molecule has 1 aliphatic rings. The van der Waals surface area contributed by atoms with Crippen molar-refractivity contribution in [1.29, 1.82) is 0 Å². The first-order valence-corrected chi connectivity index (χ1v) is 24.0. The van der Waals surface area contributed by atoms with Crippen molar-refractivity contribution in [2.75, 3.05) is 19.0 Å². The van der Waals surface area contributed by atoms with Crippen molar-refractivity contribution in [2.24, 2.45) is 0 Å². The van der Waals surface area contributed by atoms with Crippen LogP contribution in [0.4, 0.5) is 0 Å². The Balaban J connectivity index is 2.47. The summed E-state index contributed by atoms with van der Waals surface area (Å²) in [4.78, 5) is 25.4. The summed E-state index contributed by atoms with van der Waals surface area (Å²) in [5.74, 6) is -2.04. The topological polar surface area (TPSA) is 186 Å². The fourth-order valence-electron chi connectivity index (χ4n) is 6.43. The fourth-order valence-corrected chi connectivity index (χ4v) is 7.12. The van der Waals surface area contributed by atoms with E-state index in [4.69, 9.17) is 18.9 Å². The lowest BCUT2D eigenvalue weighted by Crippen LogP contribution is -2.60. The first kappa shape index (κ1) is 54.4. The Morgan fingerprint density at radius 2 is 1.07 bits per heavy atom. The molecule has 0 radical (unpaired) electrons. The lowest BCUT2D eigenvalue weighted by molar-refractivity contribution is -0.297. The van der Waals surface area contributed by atoms with Gasteiger partial charge < -0.3 is 34.3 Å².